The Labute approximate surface area is 96.7 Å². The van der Waals surface area contributed by atoms with Gasteiger partial charge in [0.2, 0.25) is 5.91 Å². The maximum absolute atomic E-state index is 11.7. The van der Waals surface area contributed by atoms with Crippen LogP contribution in [0.15, 0.2) is 0 Å². The third-order valence-electron chi connectivity index (χ3n) is 3.14. The largest absolute Gasteiger partial charge is 0.467 e. The highest BCUT2D eigenvalue weighted by atomic mass is 16.5. The molecule has 1 aliphatic rings. The molecule has 0 heterocycles. The Balaban J connectivity index is 2.40. The lowest BCUT2D eigenvalue weighted by atomic mass is 9.83. The quantitative estimate of drug-likeness (QED) is 0.724. The van der Waals surface area contributed by atoms with Gasteiger partial charge in [-0.25, -0.2) is 4.79 Å². The highest BCUT2D eigenvalue weighted by molar-refractivity contribution is 5.84. The fourth-order valence-electron chi connectivity index (χ4n) is 1.82. The zero-order chi connectivity index (χ0) is 12.1. The van der Waals surface area contributed by atoms with E-state index in [1.54, 1.807) is 0 Å². The van der Waals surface area contributed by atoms with Gasteiger partial charge in [-0.1, -0.05) is 20.3 Å². The highest BCUT2D eigenvalue weighted by Crippen LogP contribution is 2.29. The van der Waals surface area contributed by atoms with Gasteiger partial charge in [0.25, 0.3) is 0 Å². The summed E-state index contributed by atoms with van der Waals surface area (Å²) in [6.07, 6.45) is 4.04. The molecule has 0 aliphatic heterocycles. The number of methoxy groups -OCH3 is 1. The van der Waals surface area contributed by atoms with E-state index < -0.39 is 6.04 Å². The predicted octanol–water partition coefficient (Wildman–Crippen LogP) is 1.49. The van der Waals surface area contributed by atoms with Crippen molar-refractivity contribution in [1.82, 2.24) is 5.32 Å². The standard InChI is InChI=1S/C12H21NO3/c1-8(2)11(12(15)16-3)13-10(14)7-9-5-4-6-9/h8-9,11H,4-7H2,1-3H3,(H,13,14). The Morgan fingerprint density at radius 1 is 1.38 bits per heavy atom. The molecule has 1 saturated carbocycles. The molecule has 1 rings (SSSR count). The third-order valence-corrected chi connectivity index (χ3v) is 3.14. The summed E-state index contributed by atoms with van der Waals surface area (Å²) in [4.78, 5) is 23.1. The highest BCUT2D eigenvalue weighted by Gasteiger charge is 2.27. The summed E-state index contributed by atoms with van der Waals surface area (Å²) in [7, 11) is 1.34. The van der Waals surface area contributed by atoms with Gasteiger partial charge in [0, 0.05) is 6.42 Å². The first kappa shape index (κ1) is 13.0. The second-order valence-corrected chi connectivity index (χ2v) is 4.81. The smallest absolute Gasteiger partial charge is 0.328 e. The van der Waals surface area contributed by atoms with Gasteiger partial charge in [-0.15, -0.1) is 0 Å². The van der Waals surface area contributed by atoms with Crippen molar-refractivity contribution in [3.8, 4) is 0 Å². The molecule has 0 radical (unpaired) electrons. The molecule has 0 spiro atoms. The van der Waals surface area contributed by atoms with Gasteiger partial charge in [0.1, 0.15) is 6.04 Å². The molecular weight excluding hydrogens is 206 g/mol. The van der Waals surface area contributed by atoms with Crippen molar-refractivity contribution in [3.05, 3.63) is 0 Å². The molecule has 16 heavy (non-hydrogen) atoms. The molecule has 0 aromatic rings. The van der Waals surface area contributed by atoms with Gasteiger partial charge in [0.05, 0.1) is 7.11 Å². The van der Waals surface area contributed by atoms with Crippen LogP contribution in [-0.4, -0.2) is 25.0 Å². The minimum absolute atomic E-state index is 0.0335. The van der Waals surface area contributed by atoms with Crippen molar-refractivity contribution >= 4 is 11.9 Å². The fourth-order valence-corrected chi connectivity index (χ4v) is 1.82. The summed E-state index contributed by atoms with van der Waals surface area (Å²) >= 11 is 0. The maximum atomic E-state index is 11.7. The summed E-state index contributed by atoms with van der Waals surface area (Å²) in [5, 5.41) is 2.75. The van der Waals surface area contributed by atoms with Gasteiger partial charge in [-0.2, -0.15) is 0 Å². The summed E-state index contributed by atoms with van der Waals surface area (Å²) in [6, 6.07) is -0.516. The van der Waals surface area contributed by atoms with E-state index in [4.69, 9.17) is 0 Å². The van der Waals surface area contributed by atoms with Crippen LogP contribution < -0.4 is 5.32 Å². The SMILES string of the molecule is COC(=O)C(NC(=O)CC1CCC1)C(C)C. The Kier molecular flexibility index (Phi) is 4.77. The summed E-state index contributed by atoms with van der Waals surface area (Å²) < 4.78 is 4.67. The van der Waals surface area contributed by atoms with Crippen LogP contribution in [0.4, 0.5) is 0 Å². The van der Waals surface area contributed by atoms with Crippen LogP contribution in [-0.2, 0) is 14.3 Å². The average Bonchev–Trinajstić information content (AvgIpc) is 2.18. The van der Waals surface area contributed by atoms with Crippen molar-refractivity contribution < 1.29 is 14.3 Å². The monoisotopic (exact) mass is 227 g/mol. The van der Waals surface area contributed by atoms with Crippen LogP contribution in [0.3, 0.4) is 0 Å². The fraction of sp³-hybridized carbons (Fsp3) is 0.833. The second-order valence-electron chi connectivity index (χ2n) is 4.81. The molecule has 0 aromatic carbocycles. The van der Waals surface area contributed by atoms with Crippen LogP contribution in [0.1, 0.15) is 39.5 Å². The van der Waals surface area contributed by atoms with E-state index in [0.29, 0.717) is 12.3 Å². The maximum Gasteiger partial charge on any atom is 0.328 e. The summed E-state index contributed by atoms with van der Waals surface area (Å²) in [5.41, 5.74) is 0. The number of carbonyl (C=O) groups is 2. The van der Waals surface area contributed by atoms with E-state index in [0.717, 1.165) is 12.8 Å². The molecule has 1 aliphatic carbocycles. The van der Waals surface area contributed by atoms with E-state index in [2.05, 4.69) is 10.1 Å². The minimum Gasteiger partial charge on any atom is -0.467 e. The summed E-state index contributed by atoms with van der Waals surface area (Å²) in [5.74, 6) is 0.175. The van der Waals surface area contributed by atoms with Gasteiger partial charge in [0.15, 0.2) is 0 Å². The molecule has 1 atom stereocenters. The number of rotatable bonds is 5. The molecule has 0 aromatic heterocycles. The molecule has 0 bridgehead atoms. The van der Waals surface area contributed by atoms with Crippen molar-refractivity contribution in [2.24, 2.45) is 11.8 Å². The number of hydrogen-bond donors (Lipinski definition) is 1. The molecular formula is C12H21NO3. The molecule has 0 saturated heterocycles. The van der Waals surface area contributed by atoms with Crippen LogP contribution in [0.2, 0.25) is 0 Å². The second kappa shape index (κ2) is 5.87. The Morgan fingerprint density at radius 2 is 2.00 bits per heavy atom. The van der Waals surface area contributed by atoms with Crippen LogP contribution >= 0.6 is 0 Å². The molecule has 1 unspecified atom stereocenters. The first-order valence-corrected chi connectivity index (χ1v) is 5.91. The van der Waals surface area contributed by atoms with Gasteiger partial charge >= 0.3 is 5.97 Å². The molecule has 1 N–H and O–H groups in total. The lowest BCUT2D eigenvalue weighted by Crippen LogP contribution is -2.45. The first-order valence-electron chi connectivity index (χ1n) is 5.91. The average molecular weight is 227 g/mol. The van der Waals surface area contributed by atoms with Crippen LogP contribution in [0.5, 0.6) is 0 Å². The Bertz CT molecular complexity index is 259. The molecule has 92 valence electrons. The number of nitrogens with one attached hydrogen (secondary N) is 1. The van der Waals surface area contributed by atoms with Crippen molar-refractivity contribution in [3.63, 3.8) is 0 Å². The minimum atomic E-state index is -0.516. The van der Waals surface area contributed by atoms with Crippen molar-refractivity contribution in [2.75, 3.05) is 7.11 Å². The normalized spacial score (nSPS) is 17.8. The molecule has 1 amide bonds. The number of ether oxygens (including phenoxy) is 1. The number of carbonyl (C=O) groups excluding carboxylic acids is 2. The van der Waals surface area contributed by atoms with Crippen LogP contribution in [0.25, 0.3) is 0 Å². The van der Waals surface area contributed by atoms with E-state index in [1.165, 1.54) is 13.5 Å². The molecule has 4 heteroatoms. The zero-order valence-electron chi connectivity index (χ0n) is 10.3. The Hall–Kier alpha value is -1.06. The number of amides is 1. The lowest BCUT2D eigenvalue weighted by Gasteiger charge is -2.26. The molecule has 4 nitrogen and oxygen atoms in total. The zero-order valence-corrected chi connectivity index (χ0v) is 10.3. The van der Waals surface area contributed by atoms with Gasteiger partial charge in [-0.05, 0) is 24.7 Å². The van der Waals surface area contributed by atoms with Crippen molar-refractivity contribution in [1.29, 1.82) is 0 Å². The van der Waals surface area contributed by atoms with Crippen LogP contribution in [0, 0.1) is 11.8 Å². The van der Waals surface area contributed by atoms with Gasteiger partial charge in [-0.3, -0.25) is 4.79 Å². The topological polar surface area (TPSA) is 55.4 Å². The summed E-state index contributed by atoms with van der Waals surface area (Å²) in [6.45, 7) is 3.79. The van der Waals surface area contributed by atoms with E-state index in [-0.39, 0.29) is 17.8 Å². The number of esters is 1. The van der Waals surface area contributed by atoms with E-state index in [1.807, 2.05) is 13.8 Å². The number of hydrogen-bond acceptors (Lipinski definition) is 3. The predicted molar refractivity (Wildman–Crippen MR) is 60.7 cm³/mol. The van der Waals surface area contributed by atoms with E-state index >= 15 is 0 Å². The first-order chi connectivity index (χ1) is 7.54. The third kappa shape index (κ3) is 3.51. The molecule has 1 fully saturated rings. The van der Waals surface area contributed by atoms with Gasteiger partial charge < -0.3 is 10.1 Å². The van der Waals surface area contributed by atoms with E-state index in [9.17, 15) is 9.59 Å². The Morgan fingerprint density at radius 3 is 2.38 bits per heavy atom. The van der Waals surface area contributed by atoms with Crippen molar-refractivity contribution in [2.45, 2.75) is 45.6 Å². The lowest BCUT2D eigenvalue weighted by molar-refractivity contribution is -0.146.